The van der Waals surface area contributed by atoms with Crippen molar-refractivity contribution < 1.29 is 15.0 Å². The molecule has 1 unspecified atom stereocenters. The van der Waals surface area contributed by atoms with Crippen molar-refractivity contribution in [3.05, 3.63) is 16.9 Å². The lowest BCUT2D eigenvalue weighted by Crippen LogP contribution is -2.39. The number of halogens is 1. The fourth-order valence-corrected chi connectivity index (χ4v) is 1.11. The molecule has 1 atom stereocenters. The smallest absolute Gasteiger partial charge is 0.337 e. The topological polar surface area (TPSA) is 75.3 Å². The lowest BCUT2D eigenvalue weighted by Gasteiger charge is -2.17. The van der Waals surface area contributed by atoms with Gasteiger partial charge in [0, 0.05) is 6.20 Å². The number of carboxylic acids is 1. The molecule has 0 saturated heterocycles. The van der Waals surface area contributed by atoms with E-state index in [1.807, 2.05) is 0 Å². The number of rotatable bonds is 3. The van der Waals surface area contributed by atoms with E-state index < -0.39 is 11.6 Å². The molecule has 0 aliphatic rings. The second-order valence-corrected chi connectivity index (χ2v) is 3.75. The normalized spacial score (nSPS) is 15.1. The lowest BCUT2D eigenvalue weighted by atomic mass is 10.1. The van der Waals surface area contributed by atoms with Crippen LogP contribution >= 0.6 is 11.6 Å². The molecule has 0 amide bonds. The average Bonchev–Trinajstić information content (AvgIpc) is 2.29. The van der Waals surface area contributed by atoms with Crippen LogP contribution in [-0.2, 0) is 11.3 Å². The molecule has 6 heteroatoms. The Balaban J connectivity index is 2.84. The summed E-state index contributed by atoms with van der Waals surface area (Å²) < 4.78 is 1.31. The molecular formula is C8H11ClN2O3. The van der Waals surface area contributed by atoms with Crippen molar-refractivity contribution in [1.82, 2.24) is 9.78 Å². The van der Waals surface area contributed by atoms with Gasteiger partial charge in [-0.05, 0) is 13.8 Å². The first-order valence-corrected chi connectivity index (χ1v) is 4.36. The molecule has 0 saturated carbocycles. The Labute approximate surface area is 85.9 Å². The van der Waals surface area contributed by atoms with Crippen LogP contribution in [0.3, 0.4) is 0 Å². The number of hydrogen-bond donors (Lipinski definition) is 2. The summed E-state index contributed by atoms with van der Waals surface area (Å²) in [6.45, 7) is 2.78. The minimum absolute atomic E-state index is 0.129. The lowest BCUT2D eigenvalue weighted by molar-refractivity contribution is -0.158. The van der Waals surface area contributed by atoms with E-state index in [2.05, 4.69) is 5.10 Å². The van der Waals surface area contributed by atoms with Crippen LogP contribution < -0.4 is 0 Å². The zero-order chi connectivity index (χ0) is 10.9. The molecule has 0 aliphatic heterocycles. The summed E-state index contributed by atoms with van der Waals surface area (Å²) >= 11 is 5.73. The fourth-order valence-electron chi connectivity index (χ4n) is 0.958. The van der Waals surface area contributed by atoms with Crippen molar-refractivity contribution >= 4 is 17.6 Å². The minimum Gasteiger partial charge on any atom is -0.479 e. The summed E-state index contributed by atoms with van der Waals surface area (Å²) in [5, 5.41) is 22.5. The maximum atomic E-state index is 10.6. The highest BCUT2D eigenvalue weighted by Gasteiger charge is 2.30. The highest BCUT2D eigenvalue weighted by Crippen LogP contribution is 2.14. The predicted octanol–water partition coefficient (Wildman–Crippen LogP) is 0.681. The summed E-state index contributed by atoms with van der Waals surface area (Å²) in [6, 6.07) is 0. The second kappa shape index (κ2) is 3.59. The number of nitrogens with zero attached hydrogens (tertiary/aromatic N) is 2. The van der Waals surface area contributed by atoms with Crippen molar-refractivity contribution in [3.63, 3.8) is 0 Å². The van der Waals surface area contributed by atoms with E-state index in [-0.39, 0.29) is 6.54 Å². The third-order valence-electron chi connectivity index (χ3n) is 1.82. The molecule has 1 rings (SSSR count). The quantitative estimate of drug-likeness (QED) is 0.783. The van der Waals surface area contributed by atoms with Gasteiger partial charge in [-0.2, -0.15) is 5.10 Å². The van der Waals surface area contributed by atoms with Crippen LogP contribution in [0.5, 0.6) is 0 Å². The van der Waals surface area contributed by atoms with Gasteiger partial charge in [0.2, 0.25) is 0 Å². The number of aliphatic carboxylic acids is 1. The van der Waals surface area contributed by atoms with Gasteiger partial charge in [0.1, 0.15) is 0 Å². The van der Waals surface area contributed by atoms with Crippen molar-refractivity contribution in [3.8, 4) is 0 Å². The highest BCUT2D eigenvalue weighted by molar-refractivity contribution is 6.31. The van der Waals surface area contributed by atoms with Crippen molar-refractivity contribution in [1.29, 1.82) is 0 Å². The minimum atomic E-state index is -1.83. The molecule has 0 fully saturated rings. The summed E-state index contributed by atoms with van der Waals surface area (Å²) in [7, 11) is 0. The molecule has 0 aliphatic carbocycles. The third-order valence-corrected chi connectivity index (χ3v) is 2.19. The molecule has 14 heavy (non-hydrogen) atoms. The standard InChI is InChI=1S/C8H11ClN2O3/c1-5-6(9)3-11(10-5)4-8(2,14)7(12)13/h3,14H,4H2,1-2H3,(H,12,13). The summed E-state index contributed by atoms with van der Waals surface area (Å²) in [5.41, 5.74) is -1.23. The zero-order valence-corrected chi connectivity index (χ0v) is 8.62. The average molecular weight is 219 g/mol. The summed E-state index contributed by atoms with van der Waals surface area (Å²) in [4.78, 5) is 10.6. The van der Waals surface area contributed by atoms with E-state index in [1.165, 1.54) is 17.8 Å². The number of hydrogen-bond acceptors (Lipinski definition) is 3. The van der Waals surface area contributed by atoms with Gasteiger partial charge >= 0.3 is 5.97 Å². The van der Waals surface area contributed by atoms with E-state index in [4.69, 9.17) is 16.7 Å². The van der Waals surface area contributed by atoms with Gasteiger partial charge < -0.3 is 10.2 Å². The molecule has 0 spiro atoms. The predicted molar refractivity (Wildman–Crippen MR) is 50.2 cm³/mol. The van der Waals surface area contributed by atoms with E-state index in [0.29, 0.717) is 10.7 Å². The monoisotopic (exact) mass is 218 g/mol. The van der Waals surface area contributed by atoms with Gasteiger partial charge in [0.05, 0.1) is 17.3 Å². The van der Waals surface area contributed by atoms with Crippen LogP contribution in [0.1, 0.15) is 12.6 Å². The van der Waals surface area contributed by atoms with E-state index >= 15 is 0 Å². The summed E-state index contributed by atoms with van der Waals surface area (Å²) in [5.74, 6) is -1.29. The molecular weight excluding hydrogens is 208 g/mol. The van der Waals surface area contributed by atoms with Crippen LogP contribution in [0.15, 0.2) is 6.20 Å². The molecule has 1 aromatic rings. The zero-order valence-electron chi connectivity index (χ0n) is 7.86. The van der Waals surface area contributed by atoms with Crippen LogP contribution in [0.4, 0.5) is 0 Å². The van der Waals surface area contributed by atoms with Crippen molar-refractivity contribution in [2.45, 2.75) is 26.0 Å². The van der Waals surface area contributed by atoms with Gasteiger partial charge in [-0.15, -0.1) is 0 Å². The maximum absolute atomic E-state index is 10.6. The van der Waals surface area contributed by atoms with Crippen molar-refractivity contribution in [2.24, 2.45) is 0 Å². The second-order valence-electron chi connectivity index (χ2n) is 3.34. The molecule has 0 aromatic carbocycles. The van der Waals surface area contributed by atoms with Crippen LogP contribution in [0.25, 0.3) is 0 Å². The molecule has 78 valence electrons. The first kappa shape index (κ1) is 11.0. The Kier molecular flexibility index (Phi) is 2.82. The summed E-state index contributed by atoms with van der Waals surface area (Å²) in [6.07, 6.45) is 1.48. The number of aliphatic hydroxyl groups is 1. The van der Waals surface area contributed by atoms with Gasteiger partial charge in [0.25, 0.3) is 0 Å². The molecule has 5 nitrogen and oxygen atoms in total. The SMILES string of the molecule is Cc1nn(CC(C)(O)C(=O)O)cc1Cl. The first-order chi connectivity index (χ1) is 6.33. The number of carbonyl (C=O) groups is 1. The Morgan fingerprint density at radius 3 is 2.71 bits per heavy atom. The Morgan fingerprint density at radius 1 is 1.79 bits per heavy atom. The Morgan fingerprint density at radius 2 is 2.36 bits per heavy atom. The largest absolute Gasteiger partial charge is 0.479 e. The number of carboxylic acid groups (broad SMARTS) is 1. The van der Waals surface area contributed by atoms with Crippen LogP contribution in [-0.4, -0.2) is 31.6 Å². The molecule has 1 aromatic heterocycles. The first-order valence-electron chi connectivity index (χ1n) is 3.98. The maximum Gasteiger partial charge on any atom is 0.337 e. The third kappa shape index (κ3) is 2.24. The molecule has 0 radical (unpaired) electrons. The van der Waals surface area contributed by atoms with E-state index in [1.54, 1.807) is 6.92 Å². The molecule has 1 heterocycles. The number of aryl methyl sites for hydroxylation is 1. The van der Waals surface area contributed by atoms with Gasteiger partial charge in [-0.3, -0.25) is 4.68 Å². The van der Waals surface area contributed by atoms with E-state index in [9.17, 15) is 9.90 Å². The molecule has 2 N–H and O–H groups in total. The van der Waals surface area contributed by atoms with Gasteiger partial charge in [0.15, 0.2) is 5.60 Å². The Hall–Kier alpha value is -1.07. The van der Waals surface area contributed by atoms with E-state index in [0.717, 1.165) is 0 Å². The van der Waals surface area contributed by atoms with Crippen LogP contribution in [0.2, 0.25) is 5.02 Å². The van der Waals surface area contributed by atoms with Crippen molar-refractivity contribution in [2.75, 3.05) is 0 Å². The fraction of sp³-hybridized carbons (Fsp3) is 0.500. The van der Waals surface area contributed by atoms with Gasteiger partial charge in [-0.1, -0.05) is 11.6 Å². The number of aromatic nitrogens is 2. The molecule has 0 bridgehead atoms. The van der Waals surface area contributed by atoms with Crippen LogP contribution in [0, 0.1) is 6.92 Å². The van der Waals surface area contributed by atoms with Gasteiger partial charge in [-0.25, -0.2) is 4.79 Å². The highest BCUT2D eigenvalue weighted by atomic mass is 35.5. The Bertz CT molecular complexity index is 340.